The Morgan fingerprint density at radius 2 is 1.95 bits per heavy atom. The topological polar surface area (TPSA) is 44.8 Å². The van der Waals surface area contributed by atoms with Gasteiger partial charge in [-0.2, -0.15) is 0 Å². The zero-order valence-electron chi connectivity index (χ0n) is 11.9. The van der Waals surface area contributed by atoms with E-state index in [1.54, 1.807) is 18.2 Å². The molecule has 1 aromatic carbocycles. The Labute approximate surface area is 114 Å². The van der Waals surface area contributed by atoms with Crippen LogP contribution in [0.1, 0.15) is 15.9 Å². The van der Waals surface area contributed by atoms with Gasteiger partial charge in [0.05, 0.1) is 17.7 Å². The molecule has 5 heteroatoms. The molecule has 19 heavy (non-hydrogen) atoms. The summed E-state index contributed by atoms with van der Waals surface area (Å²) in [6.45, 7) is 7.32. The van der Waals surface area contributed by atoms with Gasteiger partial charge < -0.3 is 14.2 Å². The number of carbonyl (C=O) groups is 1. The number of methoxy groups -OCH3 is 1. The number of benzene rings is 1. The van der Waals surface area contributed by atoms with Crippen LogP contribution in [0.25, 0.3) is 0 Å². The zero-order chi connectivity index (χ0) is 14.1. The maximum absolute atomic E-state index is 11.8. The van der Waals surface area contributed by atoms with Crippen LogP contribution in [0.5, 0.6) is 0 Å². The molecule has 0 saturated carbocycles. The number of hydrogen-bond donors (Lipinski definition) is 0. The van der Waals surface area contributed by atoms with Gasteiger partial charge in [0.25, 0.3) is 0 Å². The smallest absolute Gasteiger partial charge is 0.359 e. The molecule has 1 unspecified atom stereocenters. The predicted molar refractivity (Wildman–Crippen MR) is 74.6 cm³/mol. The molecule has 1 aliphatic rings. The van der Waals surface area contributed by atoms with Gasteiger partial charge in [-0.1, -0.05) is 31.8 Å². The zero-order valence-corrected chi connectivity index (χ0v) is 12.9. The van der Waals surface area contributed by atoms with Crippen molar-refractivity contribution in [2.24, 2.45) is 0 Å². The highest BCUT2D eigenvalue weighted by Gasteiger charge is 2.47. The molecule has 0 saturated heterocycles. The molecular weight excluding hydrogens is 260 g/mol. The Hall–Kier alpha value is -1.17. The van der Waals surface area contributed by atoms with Crippen LogP contribution in [0, 0.1) is 0 Å². The Balaban J connectivity index is 2.19. The number of rotatable bonds is 5. The molecule has 1 aliphatic heterocycles. The van der Waals surface area contributed by atoms with Crippen molar-refractivity contribution in [2.45, 2.75) is 31.7 Å². The third kappa shape index (κ3) is 2.88. The Bertz CT molecular complexity index is 481. The fourth-order valence-corrected chi connectivity index (χ4v) is 2.68. The first-order valence-corrected chi connectivity index (χ1v) is 10.1. The van der Waals surface area contributed by atoms with Gasteiger partial charge in [0, 0.05) is 15.2 Å². The Morgan fingerprint density at radius 1 is 1.26 bits per heavy atom. The van der Waals surface area contributed by atoms with Gasteiger partial charge in [0.15, 0.2) is 0 Å². The van der Waals surface area contributed by atoms with Gasteiger partial charge in [-0.3, -0.25) is 0 Å². The number of hydrogen-bond acceptors (Lipinski definition) is 4. The standard InChI is InChI=1S/C14H20O4Si/c1-16-14(17-9-10-19(2,3)4)12-8-6-5-7-11(12)13(15)18-14/h5-8H,9-10H2,1-4H3. The van der Waals surface area contributed by atoms with E-state index in [1.807, 2.05) is 6.07 Å². The van der Waals surface area contributed by atoms with Crippen molar-refractivity contribution in [2.75, 3.05) is 13.7 Å². The maximum atomic E-state index is 11.8. The summed E-state index contributed by atoms with van der Waals surface area (Å²) in [5.74, 6) is -1.77. The lowest BCUT2D eigenvalue weighted by Crippen LogP contribution is -2.34. The molecule has 0 amide bonds. The molecule has 4 nitrogen and oxygen atoms in total. The molecule has 1 aromatic rings. The van der Waals surface area contributed by atoms with Crippen LogP contribution in [-0.4, -0.2) is 27.8 Å². The van der Waals surface area contributed by atoms with Crippen LogP contribution in [0.15, 0.2) is 24.3 Å². The molecule has 0 radical (unpaired) electrons. The SMILES string of the molecule is COC1(OCC[Si](C)(C)C)OC(=O)c2ccccc21. The lowest BCUT2D eigenvalue weighted by atomic mass is 10.1. The normalized spacial score (nSPS) is 22.2. The second kappa shape index (κ2) is 5.07. The number of ether oxygens (including phenoxy) is 3. The third-order valence-electron chi connectivity index (χ3n) is 3.12. The minimum atomic E-state index is -1.37. The van der Waals surface area contributed by atoms with E-state index >= 15 is 0 Å². The van der Waals surface area contributed by atoms with E-state index in [1.165, 1.54) is 7.11 Å². The summed E-state index contributed by atoms with van der Waals surface area (Å²) in [6.07, 6.45) is 0. The van der Waals surface area contributed by atoms with E-state index in [9.17, 15) is 4.79 Å². The van der Waals surface area contributed by atoms with Crippen molar-refractivity contribution in [3.05, 3.63) is 35.4 Å². The summed E-state index contributed by atoms with van der Waals surface area (Å²) in [5.41, 5.74) is 1.16. The molecule has 0 N–H and O–H groups in total. The first kappa shape index (κ1) is 14.2. The van der Waals surface area contributed by atoms with Crippen LogP contribution in [0.4, 0.5) is 0 Å². The minimum Gasteiger partial charge on any atom is -0.400 e. The summed E-state index contributed by atoms with van der Waals surface area (Å²) in [5, 5.41) is 0. The molecular formula is C14H20O4Si. The van der Waals surface area contributed by atoms with Crippen LogP contribution in [0.3, 0.4) is 0 Å². The second-order valence-corrected chi connectivity index (χ2v) is 11.5. The third-order valence-corrected chi connectivity index (χ3v) is 4.82. The van der Waals surface area contributed by atoms with Gasteiger partial charge in [-0.25, -0.2) is 4.79 Å². The largest absolute Gasteiger partial charge is 0.400 e. The Morgan fingerprint density at radius 3 is 2.58 bits per heavy atom. The predicted octanol–water partition coefficient (Wildman–Crippen LogP) is 2.97. The molecule has 0 spiro atoms. The van der Waals surface area contributed by atoms with Crippen molar-refractivity contribution < 1.29 is 19.0 Å². The number of cyclic esters (lactones) is 1. The lowest BCUT2D eigenvalue weighted by molar-refractivity contribution is -0.350. The summed E-state index contributed by atoms with van der Waals surface area (Å²) in [7, 11) is 0.286. The van der Waals surface area contributed by atoms with E-state index < -0.39 is 20.0 Å². The summed E-state index contributed by atoms with van der Waals surface area (Å²) >= 11 is 0. The van der Waals surface area contributed by atoms with Crippen molar-refractivity contribution in [3.8, 4) is 0 Å². The van der Waals surface area contributed by atoms with Crippen molar-refractivity contribution >= 4 is 14.0 Å². The van der Waals surface area contributed by atoms with Gasteiger partial charge >= 0.3 is 11.9 Å². The van der Waals surface area contributed by atoms with E-state index in [4.69, 9.17) is 14.2 Å². The molecule has 1 heterocycles. The van der Waals surface area contributed by atoms with Gasteiger partial charge in [-0.15, -0.1) is 0 Å². The van der Waals surface area contributed by atoms with E-state index in [0.29, 0.717) is 17.7 Å². The molecule has 2 rings (SSSR count). The summed E-state index contributed by atoms with van der Waals surface area (Å²) in [6, 6.07) is 8.15. The highest BCUT2D eigenvalue weighted by molar-refractivity contribution is 6.76. The second-order valence-electron chi connectivity index (χ2n) is 5.85. The highest BCUT2D eigenvalue weighted by Crippen LogP contribution is 2.38. The average Bonchev–Trinajstić information content (AvgIpc) is 2.63. The number of fused-ring (bicyclic) bond motifs is 1. The summed E-state index contributed by atoms with van der Waals surface area (Å²) in [4.78, 5) is 11.8. The van der Waals surface area contributed by atoms with Crippen molar-refractivity contribution in [1.82, 2.24) is 0 Å². The first-order chi connectivity index (χ1) is 8.88. The van der Waals surface area contributed by atoms with Crippen LogP contribution < -0.4 is 0 Å². The van der Waals surface area contributed by atoms with Crippen LogP contribution in [-0.2, 0) is 20.2 Å². The average molecular weight is 280 g/mol. The fourth-order valence-electron chi connectivity index (χ4n) is 1.97. The van der Waals surface area contributed by atoms with Crippen LogP contribution in [0.2, 0.25) is 25.7 Å². The maximum Gasteiger partial charge on any atom is 0.359 e. The molecule has 0 aromatic heterocycles. The first-order valence-electron chi connectivity index (χ1n) is 6.40. The minimum absolute atomic E-state index is 0.398. The molecule has 104 valence electrons. The number of carbonyl (C=O) groups excluding carboxylic acids is 1. The fraction of sp³-hybridized carbons (Fsp3) is 0.500. The van der Waals surface area contributed by atoms with E-state index in [0.717, 1.165) is 6.04 Å². The van der Waals surface area contributed by atoms with Crippen molar-refractivity contribution in [1.29, 1.82) is 0 Å². The molecule has 0 bridgehead atoms. The Kier molecular flexibility index (Phi) is 3.80. The summed E-state index contributed by atoms with van der Waals surface area (Å²) < 4.78 is 16.5. The van der Waals surface area contributed by atoms with E-state index in [2.05, 4.69) is 19.6 Å². The van der Waals surface area contributed by atoms with Gasteiger partial charge in [-0.05, 0) is 18.2 Å². The van der Waals surface area contributed by atoms with Crippen LogP contribution >= 0.6 is 0 Å². The highest BCUT2D eigenvalue weighted by atomic mass is 28.3. The van der Waals surface area contributed by atoms with Crippen molar-refractivity contribution in [3.63, 3.8) is 0 Å². The monoisotopic (exact) mass is 280 g/mol. The van der Waals surface area contributed by atoms with Gasteiger partial charge in [0.2, 0.25) is 0 Å². The van der Waals surface area contributed by atoms with Gasteiger partial charge in [0.1, 0.15) is 0 Å². The molecule has 0 fully saturated rings. The lowest BCUT2D eigenvalue weighted by Gasteiger charge is -2.27. The number of esters is 1. The molecule has 1 atom stereocenters. The quantitative estimate of drug-likeness (QED) is 0.472. The molecule has 0 aliphatic carbocycles. The van der Waals surface area contributed by atoms with E-state index in [-0.39, 0.29) is 0 Å².